The minimum absolute atomic E-state index is 0.0342. The lowest BCUT2D eigenvalue weighted by atomic mass is 9.46. The number of rotatable bonds is 2. The van der Waals surface area contributed by atoms with Crippen LogP contribution in [0.5, 0.6) is 0 Å². The number of amides is 2. The van der Waals surface area contributed by atoms with Crippen LogP contribution in [0.1, 0.15) is 64.4 Å². The second-order valence-corrected chi connectivity index (χ2v) is 11.8. The van der Waals surface area contributed by atoms with E-state index in [9.17, 15) is 27.2 Å². The van der Waals surface area contributed by atoms with Gasteiger partial charge in [-0.3, -0.25) is 9.59 Å². The van der Waals surface area contributed by atoms with Crippen molar-refractivity contribution in [3.8, 4) is 0 Å². The summed E-state index contributed by atoms with van der Waals surface area (Å²) in [6.45, 7) is 4.27. The maximum atomic E-state index is 14.7. The maximum absolute atomic E-state index is 14.7. The van der Waals surface area contributed by atoms with Crippen LogP contribution >= 0.6 is 0 Å². The molecule has 1 N–H and O–H groups in total. The Kier molecular flexibility index (Phi) is 5.76. The molecule has 4 fully saturated rings. The first-order valence-corrected chi connectivity index (χ1v) is 12.8. The number of halogens is 4. The molecule has 3 saturated carbocycles. The van der Waals surface area contributed by atoms with Gasteiger partial charge in [0.15, 0.2) is 6.17 Å². The lowest BCUT2D eigenvalue weighted by Gasteiger charge is -2.62. The van der Waals surface area contributed by atoms with Crippen molar-refractivity contribution in [3.63, 3.8) is 0 Å². The number of alkyl halides is 4. The number of fused-ring (bicyclic) bond motifs is 5. The molecule has 2 unspecified atom stereocenters. The summed E-state index contributed by atoms with van der Waals surface area (Å²) >= 11 is 0. The second-order valence-electron chi connectivity index (χ2n) is 11.8. The first kappa shape index (κ1) is 24.6. The molecule has 0 radical (unpaired) electrons. The summed E-state index contributed by atoms with van der Waals surface area (Å²) < 4.78 is 55.1. The summed E-state index contributed by atoms with van der Waals surface area (Å²) in [6, 6.07) is 5.15. The highest BCUT2D eigenvalue weighted by Gasteiger charge is 2.63. The highest BCUT2D eigenvalue weighted by atomic mass is 19.4. The fourth-order valence-electron chi connectivity index (χ4n) is 8.70. The van der Waals surface area contributed by atoms with E-state index in [0.29, 0.717) is 12.3 Å². The number of anilines is 1. The Morgan fingerprint density at radius 2 is 1.71 bits per heavy atom. The molecule has 1 aliphatic heterocycles. The van der Waals surface area contributed by atoms with Crippen LogP contribution in [0.4, 0.5) is 23.2 Å². The molecule has 2 amide bonds. The van der Waals surface area contributed by atoms with Crippen LogP contribution in [0, 0.1) is 34.5 Å². The Morgan fingerprint density at radius 1 is 1.03 bits per heavy atom. The quantitative estimate of drug-likeness (QED) is 0.507. The third-order valence-corrected chi connectivity index (χ3v) is 10.3. The first-order chi connectivity index (χ1) is 16.4. The summed E-state index contributed by atoms with van der Waals surface area (Å²) in [5.74, 6) is -0.219. The summed E-state index contributed by atoms with van der Waals surface area (Å²) in [6.07, 6.45) is -0.856. The lowest BCUT2D eigenvalue weighted by molar-refractivity contribution is -0.169. The van der Waals surface area contributed by atoms with Gasteiger partial charge in [-0.05, 0) is 85.7 Å². The molecule has 0 bridgehead atoms. The molecular formula is C27H34F4N2O2. The molecule has 4 aliphatic rings. The number of carbonyl (C=O) groups is 2. The number of hydrogen-bond acceptors (Lipinski definition) is 2. The summed E-state index contributed by atoms with van der Waals surface area (Å²) in [4.78, 5) is 27.3. The average Bonchev–Trinajstić information content (AvgIpc) is 3.14. The largest absolute Gasteiger partial charge is 0.418 e. The van der Waals surface area contributed by atoms with Crippen molar-refractivity contribution in [2.45, 2.75) is 77.2 Å². The Bertz CT molecular complexity index is 1030. The van der Waals surface area contributed by atoms with Crippen molar-refractivity contribution in [2.24, 2.45) is 34.5 Å². The van der Waals surface area contributed by atoms with Crippen LogP contribution in [0.25, 0.3) is 0 Å². The van der Waals surface area contributed by atoms with E-state index in [1.54, 1.807) is 11.9 Å². The van der Waals surface area contributed by atoms with E-state index in [1.807, 2.05) is 0 Å². The smallest absolute Gasteiger partial charge is 0.340 e. The van der Waals surface area contributed by atoms with Crippen molar-refractivity contribution in [1.82, 2.24) is 4.90 Å². The summed E-state index contributed by atoms with van der Waals surface area (Å²) in [5, 5.41) is 2.61. The molecule has 5 rings (SSSR count). The fraction of sp³-hybridized carbons (Fsp3) is 0.704. The van der Waals surface area contributed by atoms with E-state index in [-0.39, 0.29) is 52.6 Å². The van der Waals surface area contributed by atoms with Gasteiger partial charge < -0.3 is 10.2 Å². The topological polar surface area (TPSA) is 49.4 Å². The molecule has 3 aliphatic carbocycles. The molecule has 8 heteroatoms. The predicted octanol–water partition coefficient (Wildman–Crippen LogP) is 6.07. The van der Waals surface area contributed by atoms with Crippen molar-refractivity contribution in [1.29, 1.82) is 0 Å². The van der Waals surface area contributed by atoms with Gasteiger partial charge in [0.25, 0.3) is 5.91 Å². The van der Waals surface area contributed by atoms with E-state index in [1.165, 1.54) is 18.2 Å². The van der Waals surface area contributed by atoms with E-state index < -0.39 is 23.8 Å². The molecule has 35 heavy (non-hydrogen) atoms. The molecule has 0 aromatic heterocycles. The SMILES string of the molecule is CN1C(=O)[C@H](F)C[C@]2(C)C3CC[C@]4(C)[C@@H](C(=O)Nc5ccccc5C(F)(F)F)CC[C@H]4C3CC[C@@H]12. The molecule has 1 aromatic carbocycles. The fourth-order valence-corrected chi connectivity index (χ4v) is 8.70. The zero-order valence-corrected chi connectivity index (χ0v) is 20.5. The third kappa shape index (κ3) is 3.69. The predicted molar refractivity (Wildman–Crippen MR) is 124 cm³/mol. The number of carbonyl (C=O) groups excluding carboxylic acids is 2. The van der Waals surface area contributed by atoms with Crippen LogP contribution < -0.4 is 5.32 Å². The lowest BCUT2D eigenvalue weighted by Crippen LogP contribution is -2.64. The van der Waals surface area contributed by atoms with Gasteiger partial charge in [-0.15, -0.1) is 0 Å². The Labute approximate surface area is 203 Å². The number of nitrogens with one attached hydrogen (secondary N) is 1. The van der Waals surface area contributed by atoms with Crippen molar-refractivity contribution in [3.05, 3.63) is 29.8 Å². The average molecular weight is 495 g/mol. The minimum atomic E-state index is -4.54. The van der Waals surface area contributed by atoms with Crippen molar-refractivity contribution >= 4 is 17.5 Å². The Balaban J connectivity index is 1.37. The third-order valence-electron chi connectivity index (χ3n) is 10.3. The number of nitrogens with zero attached hydrogens (tertiary/aromatic N) is 1. The van der Waals surface area contributed by atoms with Crippen LogP contribution in [0.3, 0.4) is 0 Å². The highest BCUT2D eigenvalue weighted by Crippen LogP contribution is 2.66. The maximum Gasteiger partial charge on any atom is 0.418 e. The monoisotopic (exact) mass is 494 g/mol. The van der Waals surface area contributed by atoms with Gasteiger partial charge in [0.05, 0.1) is 11.3 Å². The van der Waals surface area contributed by atoms with E-state index in [4.69, 9.17) is 0 Å². The normalized spacial score (nSPS) is 41.1. The number of likely N-dealkylation sites (tertiary alicyclic amines) is 1. The zero-order valence-electron chi connectivity index (χ0n) is 20.5. The van der Waals surface area contributed by atoms with Crippen molar-refractivity contribution in [2.75, 3.05) is 12.4 Å². The molecule has 0 spiro atoms. The van der Waals surface area contributed by atoms with Gasteiger partial charge in [-0.2, -0.15) is 13.2 Å². The minimum Gasteiger partial charge on any atom is -0.340 e. The van der Waals surface area contributed by atoms with E-state index >= 15 is 0 Å². The van der Waals surface area contributed by atoms with Crippen molar-refractivity contribution < 1.29 is 27.2 Å². The highest BCUT2D eigenvalue weighted by molar-refractivity contribution is 5.94. The Morgan fingerprint density at radius 3 is 2.43 bits per heavy atom. The van der Waals surface area contributed by atoms with E-state index in [2.05, 4.69) is 19.2 Å². The van der Waals surface area contributed by atoms with Crippen LogP contribution in [0.15, 0.2) is 24.3 Å². The van der Waals surface area contributed by atoms with Gasteiger partial charge in [0.1, 0.15) is 0 Å². The van der Waals surface area contributed by atoms with Crippen LogP contribution in [-0.2, 0) is 15.8 Å². The molecule has 1 aromatic rings. The van der Waals surface area contributed by atoms with Crippen LogP contribution in [0.2, 0.25) is 0 Å². The molecule has 4 nitrogen and oxygen atoms in total. The van der Waals surface area contributed by atoms with Gasteiger partial charge in [0.2, 0.25) is 5.91 Å². The number of para-hydroxylation sites is 1. The zero-order chi connectivity index (χ0) is 25.3. The van der Waals surface area contributed by atoms with Gasteiger partial charge in [0, 0.05) is 19.0 Å². The first-order valence-electron chi connectivity index (χ1n) is 12.8. The summed E-state index contributed by atoms with van der Waals surface area (Å²) in [7, 11) is 1.72. The molecular weight excluding hydrogens is 460 g/mol. The van der Waals surface area contributed by atoms with Gasteiger partial charge in [-0.25, -0.2) is 4.39 Å². The standard InChI is InChI=1S/C27H34F4N2O2/c1-25-13-12-17-15(8-11-22-26(17,2)14-20(28)24(35)33(22)3)16(25)9-10-19(25)23(34)32-21-7-5-4-6-18(21)27(29,30)31/h4-7,15-17,19-20,22H,8-14H2,1-3H3,(H,32,34)/t15?,16-,17?,19+,20+,22+,25-,26+/m0/s1. The second kappa shape index (κ2) is 8.20. The molecule has 8 atom stereocenters. The summed E-state index contributed by atoms with van der Waals surface area (Å²) in [5.41, 5.74) is -1.62. The molecule has 192 valence electrons. The van der Waals surface area contributed by atoms with Gasteiger partial charge in [-0.1, -0.05) is 26.0 Å². The van der Waals surface area contributed by atoms with Gasteiger partial charge >= 0.3 is 6.18 Å². The Hall–Kier alpha value is -2.12. The molecule has 1 heterocycles. The number of piperidine rings is 1. The van der Waals surface area contributed by atoms with E-state index in [0.717, 1.165) is 38.2 Å². The van der Waals surface area contributed by atoms with Crippen LogP contribution in [-0.4, -0.2) is 36.0 Å². The number of benzene rings is 1. The molecule has 1 saturated heterocycles. The number of hydrogen-bond donors (Lipinski definition) is 1.